The predicted octanol–water partition coefficient (Wildman–Crippen LogP) is 1.05. The minimum Gasteiger partial charge on any atom is -0.337 e. The van der Waals surface area contributed by atoms with E-state index in [1.165, 1.54) is 10.9 Å². The lowest BCUT2D eigenvalue weighted by atomic mass is 10.4. The monoisotopic (exact) mass is 284 g/mol. The normalized spacial score (nSPS) is 10.7. The SMILES string of the molecule is Cc1noc(Cn2cnc(C)c(Br)c2=O)n1. The Balaban J connectivity index is 2.36. The Morgan fingerprint density at radius 3 is 2.88 bits per heavy atom. The molecule has 0 amide bonds. The molecule has 0 aliphatic carbocycles. The molecule has 16 heavy (non-hydrogen) atoms. The van der Waals surface area contributed by atoms with Crippen LogP contribution in [0.4, 0.5) is 0 Å². The lowest BCUT2D eigenvalue weighted by Crippen LogP contribution is -2.22. The quantitative estimate of drug-likeness (QED) is 0.824. The molecule has 2 aromatic heterocycles. The summed E-state index contributed by atoms with van der Waals surface area (Å²) in [7, 11) is 0. The van der Waals surface area contributed by atoms with Crippen LogP contribution in [0.2, 0.25) is 0 Å². The van der Waals surface area contributed by atoms with E-state index in [2.05, 4.69) is 31.1 Å². The van der Waals surface area contributed by atoms with E-state index in [9.17, 15) is 4.79 Å². The predicted molar refractivity (Wildman–Crippen MR) is 59.1 cm³/mol. The van der Waals surface area contributed by atoms with E-state index in [0.29, 0.717) is 21.9 Å². The first kappa shape index (κ1) is 11.0. The minimum atomic E-state index is -0.164. The summed E-state index contributed by atoms with van der Waals surface area (Å²) in [6.07, 6.45) is 1.46. The first-order valence-corrected chi connectivity index (χ1v) is 5.38. The molecule has 0 saturated heterocycles. The van der Waals surface area contributed by atoms with Crippen molar-refractivity contribution >= 4 is 15.9 Å². The summed E-state index contributed by atoms with van der Waals surface area (Å²) in [4.78, 5) is 19.9. The Morgan fingerprint density at radius 2 is 2.25 bits per heavy atom. The number of aromatic nitrogens is 4. The molecule has 0 atom stereocenters. The van der Waals surface area contributed by atoms with Gasteiger partial charge in [0, 0.05) is 0 Å². The largest absolute Gasteiger partial charge is 0.337 e. The highest BCUT2D eigenvalue weighted by atomic mass is 79.9. The van der Waals surface area contributed by atoms with Crippen LogP contribution in [0.5, 0.6) is 0 Å². The molecule has 6 nitrogen and oxygen atoms in total. The third-order valence-corrected chi connectivity index (χ3v) is 2.95. The maximum absolute atomic E-state index is 11.8. The van der Waals surface area contributed by atoms with Crippen LogP contribution in [0.25, 0.3) is 0 Å². The van der Waals surface area contributed by atoms with Crippen molar-refractivity contribution in [2.24, 2.45) is 0 Å². The van der Waals surface area contributed by atoms with Crippen LogP contribution in [0, 0.1) is 13.8 Å². The highest BCUT2D eigenvalue weighted by Gasteiger charge is 2.09. The van der Waals surface area contributed by atoms with E-state index in [4.69, 9.17) is 4.52 Å². The van der Waals surface area contributed by atoms with Crippen molar-refractivity contribution in [3.63, 3.8) is 0 Å². The fourth-order valence-electron chi connectivity index (χ4n) is 1.21. The average molecular weight is 285 g/mol. The smallest absolute Gasteiger partial charge is 0.268 e. The minimum absolute atomic E-state index is 0.164. The summed E-state index contributed by atoms with van der Waals surface area (Å²) in [5.41, 5.74) is 0.492. The van der Waals surface area contributed by atoms with Gasteiger partial charge in [-0.3, -0.25) is 9.36 Å². The van der Waals surface area contributed by atoms with Crippen LogP contribution in [0.15, 0.2) is 20.1 Å². The van der Waals surface area contributed by atoms with Gasteiger partial charge in [-0.05, 0) is 29.8 Å². The van der Waals surface area contributed by atoms with E-state index >= 15 is 0 Å². The molecule has 0 aliphatic heterocycles. The molecule has 7 heteroatoms. The zero-order chi connectivity index (χ0) is 11.7. The molecule has 2 rings (SSSR count). The molecule has 0 radical (unpaired) electrons. The Morgan fingerprint density at radius 1 is 1.50 bits per heavy atom. The highest BCUT2D eigenvalue weighted by molar-refractivity contribution is 9.10. The van der Waals surface area contributed by atoms with Crippen LogP contribution in [-0.2, 0) is 6.54 Å². The van der Waals surface area contributed by atoms with Gasteiger partial charge in [0.1, 0.15) is 11.0 Å². The van der Waals surface area contributed by atoms with Crippen LogP contribution >= 0.6 is 15.9 Å². The van der Waals surface area contributed by atoms with Gasteiger partial charge in [-0.25, -0.2) is 4.98 Å². The summed E-state index contributed by atoms with van der Waals surface area (Å²) >= 11 is 3.19. The lowest BCUT2D eigenvalue weighted by Gasteiger charge is -2.03. The van der Waals surface area contributed by atoms with Crippen LogP contribution in [0.1, 0.15) is 17.4 Å². The second-order valence-electron chi connectivity index (χ2n) is 3.31. The number of hydrogen-bond acceptors (Lipinski definition) is 5. The lowest BCUT2D eigenvalue weighted by molar-refractivity contribution is 0.365. The van der Waals surface area contributed by atoms with Gasteiger partial charge in [-0.1, -0.05) is 5.16 Å². The number of halogens is 1. The van der Waals surface area contributed by atoms with Crippen molar-refractivity contribution in [1.29, 1.82) is 0 Å². The van der Waals surface area contributed by atoms with Gasteiger partial charge in [0.15, 0.2) is 5.82 Å². The fourth-order valence-corrected chi connectivity index (χ4v) is 1.54. The zero-order valence-electron chi connectivity index (χ0n) is 8.77. The summed E-state index contributed by atoms with van der Waals surface area (Å²) in [6.45, 7) is 3.71. The van der Waals surface area contributed by atoms with Crippen molar-refractivity contribution in [2.45, 2.75) is 20.4 Å². The topological polar surface area (TPSA) is 73.8 Å². The van der Waals surface area contributed by atoms with Gasteiger partial charge >= 0.3 is 0 Å². The molecule has 0 unspecified atom stereocenters. The molecule has 0 aliphatic rings. The maximum atomic E-state index is 11.8. The molecule has 2 aromatic rings. The van der Waals surface area contributed by atoms with Crippen molar-refractivity contribution in [2.75, 3.05) is 0 Å². The third-order valence-electron chi connectivity index (χ3n) is 2.03. The maximum Gasteiger partial charge on any atom is 0.268 e. The van der Waals surface area contributed by atoms with E-state index in [0.717, 1.165) is 0 Å². The van der Waals surface area contributed by atoms with Gasteiger partial charge in [-0.15, -0.1) is 0 Å². The summed E-state index contributed by atoms with van der Waals surface area (Å²) < 4.78 is 6.79. The van der Waals surface area contributed by atoms with E-state index in [1.54, 1.807) is 13.8 Å². The van der Waals surface area contributed by atoms with Crippen molar-refractivity contribution in [3.8, 4) is 0 Å². The number of hydrogen-bond donors (Lipinski definition) is 0. The Bertz CT molecular complexity index is 575. The van der Waals surface area contributed by atoms with Crippen LogP contribution in [-0.4, -0.2) is 19.7 Å². The first-order chi connectivity index (χ1) is 7.58. The number of rotatable bonds is 2. The molecule has 0 spiro atoms. The Hall–Kier alpha value is -1.50. The van der Waals surface area contributed by atoms with Crippen LogP contribution in [0.3, 0.4) is 0 Å². The number of nitrogens with zero attached hydrogens (tertiary/aromatic N) is 4. The van der Waals surface area contributed by atoms with E-state index in [-0.39, 0.29) is 12.1 Å². The molecule has 0 saturated carbocycles. The Labute approximate surface area is 99.4 Å². The second-order valence-corrected chi connectivity index (χ2v) is 4.11. The number of aryl methyl sites for hydroxylation is 2. The highest BCUT2D eigenvalue weighted by Crippen LogP contribution is 2.07. The molecule has 2 heterocycles. The third kappa shape index (κ3) is 2.04. The van der Waals surface area contributed by atoms with Gasteiger partial charge in [-0.2, -0.15) is 4.98 Å². The average Bonchev–Trinajstić information content (AvgIpc) is 2.65. The van der Waals surface area contributed by atoms with Crippen LogP contribution < -0.4 is 5.56 Å². The van der Waals surface area contributed by atoms with E-state index < -0.39 is 0 Å². The standard InChI is InChI=1S/C9H9BrN4O2/c1-5-8(10)9(15)14(4-11-5)3-7-12-6(2)13-16-7/h4H,3H2,1-2H3. The molecule has 0 aromatic carbocycles. The van der Waals surface area contributed by atoms with Gasteiger partial charge in [0.2, 0.25) is 5.89 Å². The zero-order valence-corrected chi connectivity index (χ0v) is 10.4. The van der Waals surface area contributed by atoms with Crippen molar-refractivity contribution < 1.29 is 4.52 Å². The molecule has 84 valence electrons. The van der Waals surface area contributed by atoms with Gasteiger partial charge < -0.3 is 4.52 Å². The van der Waals surface area contributed by atoms with E-state index in [1.807, 2.05) is 0 Å². The van der Waals surface area contributed by atoms with Crippen molar-refractivity contribution in [1.82, 2.24) is 19.7 Å². The molecule has 0 fully saturated rings. The first-order valence-electron chi connectivity index (χ1n) is 4.58. The summed E-state index contributed by atoms with van der Waals surface area (Å²) in [6, 6.07) is 0. The molecular weight excluding hydrogens is 276 g/mol. The molecular formula is C9H9BrN4O2. The van der Waals surface area contributed by atoms with Gasteiger partial charge in [0.05, 0.1) is 12.0 Å². The fraction of sp³-hybridized carbons (Fsp3) is 0.333. The second kappa shape index (κ2) is 4.17. The Kier molecular flexibility index (Phi) is 2.86. The summed E-state index contributed by atoms with van der Waals surface area (Å²) in [5, 5.41) is 3.65. The molecule has 0 bridgehead atoms. The van der Waals surface area contributed by atoms with Gasteiger partial charge in [0.25, 0.3) is 5.56 Å². The summed E-state index contributed by atoms with van der Waals surface area (Å²) in [5.74, 6) is 0.930. The molecule has 0 N–H and O–H groups in total. The van der Waals surface area contributed by atoms with Crippen molar-refractivity contribution in [3.05, 3.63) is 38.6 Å².